The van der Waals surface area contributed by atoms with Gasteiger partial charge in [-0.1, -0.05) is 55.0 Å². The minimum absolute atomic E-state index is 0.130. The molecule has 0 heterocycles. The summed E-state index contributed by atoms with van der Waals surface area (Å²) in [6.45, 7) is 6.26. The number of alkyl halides is 1. The van der Waals surface area contributed by atoms with Crippen molar-refractivity contribution in [1.82, 2.24) is 0 Å². The zero-order chi connectivity index (χ0) is 13.5. The van der Waals surface area contributed by atoms with E-state index in [0.717, 1.165) is 22.8 Å². The van der Waals surface area contributed by atoms with Crippen LogP contribution in [0, 0.1) is 6.92 Å². The second-order valence-corrected chi connectivity index (χ2v) is 5.54. The average Bonchev–Trinajstić information content (AvgIpc) is 2.37. The minimum Gasteiger partial charge on any atom is -0.426 e. The van der Waals surface area contributed by atoms with Gasteiger partial charge in [0.15, 0.2) is 0 Å². The molecule has 0 spiro atoms. The molecule has 0 saturated carbocycles. The van der Waals surface area contributed by atoms with Gasteiger partial charge < -0.3 is 4.74 Å². The molecule has 0 amide bonds. The van der Waals surface area contributed by atoms with Crippen LogP contribution in [-0.4, -0.2) is 10.4 Å². The van der Waals surface area contributed by atoms with Crippen molar-refractivity contribution >= 4 is 28.6 Å². The van der Waals surface area contributed by atoms with Crippen LogP contribution in [-0.2, 0) is 4.79 Å². The summed E-state index contributed by atoms with van der Waals surface area (Å²) >= 11 is 2.39. The van der Waals surface area contributed by atoms with E-state index >= 15 is 0 Å². The van der Waals surface area contributed by atoms with Gasteiger partial charge in [-0.25, -0.2) is 0 Å². The van der Waals surface area contributed by atoms with Gasteiger partial charge in [0.05, 0.1) is 0 Å². The van der Waals surface area contributed by atoms with Crippen LogP contribution in [0.3, 0.4) is 0 Å². The van der Waals surface area contributed by atoms with Crippen LogP contribution in [0.5, 0.6) is 5.75 Å². The molecule has 18 heavy (non-hydrogen) atoms. The molecule has 3 heteroatoms. The number of unbranched alkanes of at least 4 members (excludes halogenated alkanes) is 1. The third-order valence-corrected chi connectivity index (χ3v) is 4.28. The highest BCUT2D eigenvalue weighted by molar-refractivity contribution is 14.1. The van der Waals surface area contributed by atoms with Crippen LogP contribution >= 0.6 is 22.6 Å². The van der Waals surface area contributed by atoms with E-state index in [0.29, 0.717) is 18.1 Å². The first-order valence-electron chi connectivity index (χ1n) is 6.45. The molecule has 1 rings (SSSR count). The first-order valence-corrected chi connectivity index (χ1v) is 7.98. The van der Waals surface area contributed by atoms with Crippen LogP contribution in [0.15, 0.2) is 18.2 Å². The number of carbonyl (C=O) groups excluding carboxylic acids is 1. The molecular formula is C15H21IO2. The van der Waals surface area contributed by atoms with Crippen molar-refractivity contribution in [3.05, 3.63) is 29.3 Å². The third-order valence-electron chi connectivity index (χ3n) is 2.96. The summed E-state index contributed by atoms with van der Waals surface area (Å²) in [7, 11) is 0. The number of carbonyl (C=O) groups is 1. The summed E-state index contributed by atoms with van der Waals surface area (Å²) in [5.41, 5.74) is 2.34. The van der Waals surface area contributed by atoms with Gasteiger partial charge in [-0.2, -0.15) is 0 Å². The van der Waals surface area contributed by atoms with E-state index in [9.17, 15) is 4.79 Å². The molecule has 0 aromatic heterocycles. The van der Waals surface area contributed by atoms with Crippen molar-refractivity contribution in [2.75, 3.05) is 4.43 Å². The molecule has 2 nitrogen and oxygen atoms in total. The summed E-state index contributed by atoms with van der Waals surface area (Å²) in [6, 6.07) is 6.09. The second kappa shape index (κ2) is 7.77. The minimum atomic E-state index is -0.130. The number of esters is 1. The molecule has 0 fully saturated rings. The first-order chi connectivity index (χ1) is 8.58. The number of rotatable bonds is 6. The maximum absolute atomic E-state index is 11.6. The molecule has 0 aliphatic carbocycles. The smallest absolute Gasteiger partial charge is 0.311 e. The fourth-order valence-corrected chi connectivity index (χ4v) is 2.19. The predicted molar refractivity (Wildman–Crippen MR) is 83.6 cm³/mol. The van der Waals surface area contributed by atoms with Gasteiger partial charge in [-0.15, -0.1) is 0 Å². The Hall–Kier alpha value is -0.580. The van der Waals surface area contributed by atoms with Crippen molar-refractivity contribution in [3.63, 3.8) is 0 Å². The number of aryl methyl sites for hydroxylation is 1. The lowest BCUT2D eigenvalue weighted by molar-refractivity contribution is -0.134. The number of hydrogen-bond donors (Lipinski definition) is 0. The van der Waals surface area contributed by atoms with E-state index < -0.39 is 0 Å². The largest absolute Gasteiger partial charge is 0.426 e. The van der Waals surface area contributed by atoms with Crippen LogP contribution in [0.4, 0.5) is 0 Å². The SMILES string of the molecule is CCCCC(=O)Oc1ccc(C(C)CI)cc1C. The normalized spacial score (nSPS) is 12.2. The number of hydrogen-bond acceptors (Lipinski definition) is 2. The maximum atomic E-state index is 11.6. The van der Waals surface area contributed by atoms with Gasteiger partial charge in [0.25, 0.3) is 0 Å². The summed E-state index contributed by atoms with van der Waals surface area (Å²) in [4.78, 5) is 11.6. The Morgan fingerprint density at radius 3 is 2.72 bits per heavy atom. The Kier molecular flexibility index (Phi) is 6.68. The van der Waals surface area contributed by atoms with Gasteiger partial charge in [0.1, 0.15) is 5.75 Å². The Labute approximate surface area is 123 Å². The topological polar surface area (TPSA) is 26.3 Å². The van der Waals surface area contributed by atoms with E-state index in [2.05, 4.69) is 48.6 Å². The maximum Gasteiger partial charge on any atom is 0.311 e. The molecule has 0 saturated heterocycles. The second-order valence-electron chi connectivity index (χ2n) is 4.66. The standard InChI is InChI=1S/C15H21IO2/c1-4-5-6-15(17)18-14-8-7-13(9-11(14)2)12(3)10-16/h7-9,12H,4-6,10H2,1-3H3. The van der Waals surface area contributed by atoms with E-state index in [4.69, 9.17) is 4.74 Å². The van der Waals surface area contributed by atoms with Crippen molar-refractivity contribution in [2.24, 2.45) is 0 Å². The molecule has 0 aliphatic heterocycles. The Bertz CT molecular complexity index is 401. The Morgan fingerprint density at radius 2 is 2.17 bits per heavy atom. The molecule has 0 N–H and O–H groups in total. The molecule has 1 aromatic carbocycles. The monoisotopic (exact) mass is 360 g/mol. The number of ether oxygens (including phenoxy) is 1. The van der Waals surface area contributed by atoms with Crippen LogP contribution < -0.4 is 4.74 Å². The van der Waals surface area contributed by atoms with Gasteiger partial charge in [0.2, 0.25) is 0 Å². The molecule has 1 aromatic rings. The molecule has 1 unspecified atom stereocenters. The third kappa shape index (κ3) is 4.59. The van der Waals surface area contributed by atoms with Crippen molar-refractivity contribution < 1.29 is 9.53 Å². The molecular weight excluding hydrogens is 339 g/mol. The molecule has 0 radical (unpaired) electrons. The lowest BCUT2D eigenvalue weighted by Crippen LogP contribution is -2.08. The highest BCUT2D eigenvalue weighted by Crippen LogP contribution is 2.25. The lowest BCUT2D eigenvalue weighted by Gasteiger charge is -2.12. The van der Waals surface area contributed by atoms with E-state index in [1.807, 2.05) is 13.0 Å². The Balaban J connectivity index is 2.70. The summed E-state index contributed by atoms with van der Waals surface area (Å²) < 4.78 is 6.46. The fraction of sp³-hybridized carbons (Fsp3) is 0.533. The Morgan fingerprint density at radius 1 is 1.44 bits per heavy atom. The van der Waals surface area contributed by atoms with Crippen molar-refractivity contribution in [3.8, 4) is 5.75 Å². The zero-order valence-electron chi connectivity index (χ0n) is 11.3. The highest BCUT2D eigenvalue weighted by Gasteiger charge is 2.09. The number of benzene rings is 1. The first kappa shape index (κ1) is 15.5. The molecule has 0 bridgehead atoms. The molecule has 100 valence electrons. The summed E-state index contributed by atoms with van der Waals surface area (Å²) in [6.07, 6.45) is 2.41. The fourth-order valence-electron chi connectivity index (χ4n) is 1.68. The van der Waals surface area contributed by atoms with Gasteiger partial charge >= 0.3 is 5.97 Å². The molecule has 1 atom stereocenters. The van der Waals surface area contributed by atoms with Crippen LogP contribution in [0.25, 0.3) is 0 Å². The lowest BCUT2D eigenvalue weighted by atomic mass is 10.0. The highest BCUT2D eigenvalue weighted by atomic mass is 127. The predicted octanol–water partition coefficient (Wildman–Crippen LogP) is 4.63. The number of halogens is 1. The van der Waals surface area contributed by atoms with E-state index in [-0.39, 0.29) is 5.97 Å². The van der Waals surface area contributed by atoms with Crippen LogP contribution in [0.1, 0.15) is 50.2 Å². The van der Waals surface area contributed by atoms with E-state index in [1.54, 1.807) is 0 Å². The van der Waals surface area contributed by atoms with Gasteiger partial charge in [0, 0.05) is 10.8 Å². The van der Waals surface area contributed by atoms with Crippen LogP contribution in [0.2, 0.25) is 0 Å². The quantitative estimate of drug-likeness (QED) is 0.320. The van der Waals surface area contributed by atoms with Gasteiger partial charge in [-0.05, 0) is 36.5 Å². The average molecular weight is 360 g/mol. The summed E-state index contributed by atoms with van der Waals surface area (Å²) in [5, 5.41) is 0. The molecule has 0 aliphatic rings. The van der Waals surface area contributed by atoms with Crippen molar-refractivity contribution in [1.29, 1.82) is 0 Å². The zero-order valence-corrected chi connectivity index (χ0v) is 13.5. The van der Waals surface area contributed by atoms with Gasteiger partial charge in [-0.3, -0.25) is 4.79 Å². The summed E-state index contributed by atoms with van der Waals surface area (Å²) in [5.74, 6) is 1.10. The van der Waals surface area contributed by atoms with E-state index in [1.165, 1.54) is 5.56 Å². The van der Waals surface area contributed by atoms with Crippen molar-refractivity contribution in [2.45, 2.75) is 46.0 Å².